The number of nitrogens with two attached hydrogens (primary N) is 1. The maximum atomic E-state index is 6.46. The molecule has 1 saturated carbocycles. The summed E-state index contributed by atoms with van der Waals surface area (Å²) in [5.41, 5.74) is 6.33. The highest BCUT2D eigenvalue weighted by Crippen LogP contribution is 2.43. The molecular formula is C15H23N3O2. The van der Waals surface area contributed by atoms with E-state index in [1.165, 1.54) is 25.7 Å². The molecule has 1 aliphatic carbocycles. The highest BCUT2D eigenvalue weighted by Gasteiger charge is 2.44. The summed E-state index contributed by atoms with van der Waals surface area (Å²) in [5.74, 6) is 1.89. The van der Waals surface area contributed by atoms with Gasteiger partial charge in [-0.15, -0.1) is 0 Å². The Labute approximate surface area is 119 Å². The van der Waals surface area contributed by atoms with Crippen molar-refractivity contribution < 1.29 is 9.26 Å². The van der Waals surface area contributed by atoms with Gasteiger partial charge in [0.2, 0.25) is 5.89 Å². The molecule has 1 aromatic rings. The number of aromatic nitrogens is 2. The first-order chi connectivity index (χ1) is 9.72. The molecule has 4 rings (SSSR count). The zero-order valence-corrected chi connectivity index (χ0v) is 11.9. The van der Waals surface area contributed by atoms with Crippen LogP contribution in [0.25, 0.3) is 0 Å². The van der Waals surface area contributed by atoms with E-state index >= 15 is 0 Å². The number of ether oxygens (including phenoxy) is 1. The Morgan fingerprint density at radius 1 is 1.20 bits per heavy atom. The van der Waals surface area contributed by atoms with Crippen LogP contribution >= 0.6 is 0 Å². The fraction of sp³-hybridized carbons (Fsp3) is 0.867. The van der Waals surface area contributed by atoms with Crippen molar-refractivity contribution in [3.63, 3.8) is 0 Å². The summed E-state index contributed by atoms with van der Waals surface area (Å²) in [5, 5.41) is 4.19. The van der Waals surface area contributed by atoms with Gasteiger partial charge in [0.1, 0.15) is 0 Å². The molecule has 3 heterocycles. The van der Waals surface area contributed by atoms with E-state index in [0.29, 0.717) is 24.0 Å². The summed E-state index contributed by atoms with van der Waals surface area (Å²) in [6.45, 7) is 0. The lowest BCUT2D eigenvalue weighted by molar-refractivity contribution is 0.0996. The van der Waals surface area contributed by atoms with E-state index in [-0.39, 0.29) is 5.54 Å². The van der Waals surface area contributed by atoms with Gasteiger partial charge in [-0.1, -0.05) is 24.4 Å². The first kappa shape index (κ1) is 12.8. The van der Waals surface area contributed by atoms with Crippen LogP contribution in [0.1, 0.15) is 69.0 Å². The van der Waals surface area contributed by atoms with E-state index in [9.17, 15) is 0 Å². The molecule has 2 bridgehead atoms. The van der Waals surface area contributed by atoms with Gasteiger partial charge in [-0.25, -0.2) is 0 Å². The Morgan fingerprint density at radius 2 is 2.05 bits per heavy atom. The third-order valence-electron chi connectivity index (χ3n) is 5.27. The highest BCUT2D eigenvalue weighted by atomic mass is 16.5. The Hall–Kier alpha value is -0.940. The quantitative estimate of drug-likeness (QED) is 0.917. The van der Waals surface area contributed by atoms with Crippen LogP contribution in [0.3, 0.4) is 0 Å². The molecule has 0 radical (unpaired) electrons. The normalized spacial score (nSPS) is 35.5. The SMILES string of the molecule is NC1(Cc2nc(C3CC4CCC3O4)no2)CCCCC1. The van der Waals surface area contributed by atoms with E-state index in [2.05, 4.69) is 10.1 Å². The molecule has 2 N–H and O–H groups in total. The summed E-state index contributed by atoms with van der Waals surface area (Å²) in [6.07, 6.45) is 10.7. The van der Waals surface area contributed by atoms with Crippen LogP contribution in [0.4, 0.5) is 0 Å². The zero-order chi connectivity index (χ0) is 13.6. The highest BCUT2D eigenvalue weighted by molar-refractivity contribution is 5.08. The second-order valence-electron chi connectivity index (χ2n) is 6.86. The molecule has 3 aliphatic rings. The van der Waals surface area contributed by atoms with Crippen molar-refractivity contribution in [2.45, 2.75) is 81.5 Å². The van der Waals surface area contributed by atoms with E-state index in [0.717, 1.165) is 37.9 Å². The summed E-state index contributed by atoms with van der Waals surface area (Å²) >= 11 is 0. The Bertz CT molecular complexity index is 481. The van der Waals surface area contributed by atoms with Crippen LogP contribution in [0, 0.1) is 0 Å². The Balaban J connectivity index is 1.45. The predicted octanol–water partition coefficient (Wildman–Crippen LogP) is 2.31. The van der Waals surface area contributed by atoms with Gasteiger partial charge in [-0.05, 0) is 32.1 Å². The van der Waals surface area contributed by atoms with Crippen molar-refractivity contribution in [1.82, 2.24) is 10.1 Å². The third kappa shape index (κ3) is 2.27. The van der Waals surface area contributed by atoms with Gasteiger partial charge in [0.05, 0.1) is 18.1 Å². The molecule has 5 nitrogen and oxygen atoms in total. The largest absolute Gasteiger partial charge is 0.374 e. The van der Waals surface area contributed by atoms with Crippen molar-refractivity contribution in [2.75, 3.05) is 0 Å². The van der Waals surface area contributed by atoms with Crippen LogP contribution in [0.5, 0.6) is 0 Å². The smallest absolute Gasteiger partial charge is 0.228 e. The lowest BCUT2D eigenvalue weighted by atomic mass is 9.80. The van der Waals surface area contributed by atoms with Gasteiger partial charge in [-0.3, -0.25) is 0 Å². The van der Waals surface area contributed by atoms with Gasteiger partial charge >= 0.3 is 0 Å². The molecule has 2 saturated heterocycles. The monoisotopic (exact) mass is 277 g/mol. The van der Waals surface area contributed by atoms with E-state index in [1.807, 2.05) is 0 Å². The van der Waals surface area contributed by atoms with E-state index < -0.39 is 0 Å². The zero-order valence-electron chi connectivity index (χ0n) is 11.9. The molecule has 3 atom stereocenters. The second-order valence-corrected chi connectivity index (χ2v) is 6.86. The molecule has 3 fully saturated rings. The fourth-order valence-corrected chi connectivity index (χ4v) is 4.13. The van der Waals surface area contributed by atoms with Crippen molar-refractivity contribution in [3.05, 3.63) is 11.7 Å². The van der Waals surface area contributed by atoms with Gasteiger partial charge in [-0.2, -0.15) is 4.98 Å². The van der Waals surface area contributed by atoms with Crippen molar-refractivity contribution in [3.8, 4) is 0 Å². The lowest BCUT2D eigenvalue weighted by Gasteiger charge is -2.31. The topological polar surface area (TPSA) is 74.2 Å². The minimum atomic E-state index is -0.132. The van der Waals surface area contributed by atoms with E-state index in [4.69, 9.17) is 15.0 Å². The molecule has 20 heavy (non-hydrogen) atoms. The molecule has 0 spiro atoms. The minimum absolute atomic E-state index is 0.132. The van der Waals surface area contributed by atoms with Crippen LogP contribution in [0.2, 0.25) is 0 Å². The minimum Gasteiger partial charge on any atom is -0.374 e. The average Bonchev–Trinajstić information content (AvgIpc) is 3.14. The number of rotatable bonds is 3. The molecular weight excluding hydrogens is 254 g/mol. The maximum Gasteiger partial charge on any atom is 0.228 e. The summed E-state index contributed by atoms with van der Waals surface area (Å²) in [7, 11) is 0. The lowest BCUT2D eigenvalue weighted by Crippen LogP contribution is -2.43. The molecule has 3 unspecified atom stereocenters. The van der Waals surface area contributed by atoms with Crippen molar-refractivity contribution in [1.29, 1.82) is 0 Å². The Kier molecular flexibility index (Phi) is 3.07. The molecule has 2 aliphatic heterocycles. The number of nitrogens with zero attached hydrogens (tertiary/aromatic N) is 2. The number of fused-ring (bicyclic) bond motifs is 2. The summed E-state index contributed by atoms with van der Waals surface area (Å²) in [6, 6.07) is 0. The molecule has 1 aromatic heterocycles. The van der Waals surface area contributed by atoms with Gasteiger partial charge in [0.25, 0.3) is 0 Å². The van der Waals surface area contributed by atoms with Gasteiger partial charge < -0.3 is 15.0 Å². The van der Waals surface area contributed by atoms with Crippen LogP contribution in [0.15, 0.2) is 4.52 Å². The van der Waals surface area contributed by atoms with Crippen LogP contribution < -0.4 is 5.73 Å². The Morgan fingerprint density at radius 3 is 2.75 bits per heavy atom. The first-order valence-electron chi connectivity index (χ1n) is 7.99. The predicted molar refractivity (Wildman–Crippen MR) is 73.3 cm³/mol. The average molecular weight is 277 g/mol. The standard InChI is InChI=1S/C15H23N3O2/c16-15(6-2-1-3-7-15)9-13-17-14(18-20-13)11-8-10-4-5-12(11)19-10/h10-12H,1-9,16H2. The molecule has 5 heteroatoms. The number of hydrogen-bond donors (Lipinski definition) is 1. The van der Waals surface area contributed by atoms with Gasteiger partial charge in [0.15, 0.2) is 5.82 Å². The van der Waals surface area contributed by atoms with Gasteiger partial charge in [0, 0.05) is 12.0 Å². The van der Waals surface area contributed by atoms with Crippen molar-refractivity contribution in [2.24, 2.45) is 5.73 Å². The fourth-order valence-electron chi connectivity index (χ4n) is 4.13. The summed E-state index contributed by atoms with van der Waals surface area (Å²) in [4.78, 5) is 4.61. The van der Waals surface area contributed by atoms with Crippen LogP contribution in [-0.2, 0) is 11.2 Å². The van der Waals surface area contributed by atoms with Crippen molar-refractivity contribution >= 4 is 0 Å². The molecule has 0 aromatic carbocycles. The summed E-state index contributed by atoms with van der Waals surface area (Å²) < 4.78 is 11.3. The maximum absolute atomic E-state index is 6.46. The molecule has 0 amide bonds. The number of hydrogen-bond acceptors (Lipinski definition) is 5. The third-order valence-corrected chi connectivity index (χ3v) is 5.27. The first-order valence-corrected chi connectivity index (χ1v) is 7.99. The molecule has 110 valence electrons. The van der Waals surface area contributed by atoms with E-state index in [1.54, 1.807) is 0 Å². The van der Waals surface area contributed by atoms with Crippen LogP contribution in [-0.4, -0.2) is 27.9 Å². The second kappa shape index (κ2) is 4.81.